The van der Waals surface area contributed by atoms with Crippen molar-refractivity contribution in [3.63, 3.8) is 0 Å². The third kappa shape index (κ3) is 3.11. The number of carbonyl (C=O) groups excluding carboxylic acids is 1. The molecular weight excluding hydrogens is 222 g/mol. The summed E-state index contributed by atoms with van der Waals surface area (Å²) in [4.78, 5) is 10.1. The maximum absolute atomic E-state index is 10.8. The first-order chi connectivity index (χ1) is 6.79. The van der Waals surface area contributed by atoms with Crippen LogP contribution in [0.1, 0.15) is 0 Å². The van der Waals surface area contributed by atoms with Crippen LogP contribution in [0.3, 0.4) is 0 Å². The lowest BCUT2D eigenvalue weighted by Crippen LogP contribution is -2.19. The SMILES string of the molecule is NC(=O)Nc1cc(N)cc(S(=O)(=O)O)c1. The molecule has 0 aliphatic heterocycles. The molecule has 0 atom stereocenters. The fourth-order valence-electron chi connectivity index (χ4n) is 0.985. The average molecular weight is 231 g/mol. The van der Waals surface area contributed by atoms with Crippen LogP contribution in [0.25, 0.3) is 0 Å². The fraction of sp³-hybridized carbons (Fsp3) is 0. The predicted molar refractivity (Wildman–Crippen MR) is 53.9 cm³/mol. The number of benzene rings is 1. The van der Waals surface area contributed by atoms with Gasteiger partial charge in [0.15, 0.2) is 0 Å². The van der Waals surface area contributed by atoms with Crippen LogP contribution in [0.4, 0.5) is 16.2 Å². The Hall–Kier alpha value is -1.80. The van der Waals surface area contributed by atoms with Gasteiger partial charge in [-0.15, -0.1) is 0 Å². The number of hydrogen-bond acceptors (Lipinski definition) is 4. The standard InChI is InChI=1S/C7H9N3O4S/c8-4-1-5(10-7(9)11)3-6(2-4)15(12,13)14/h1-3H,8H2,(H3,9,10,11)(H,12,13,14). The first kappa shape index (κ1) is 11.3. The summed E-state index contributed by atoms with van der Waals surface area (Å²) in [5.41, 5.74) is 10.4. The predicted octanol–water partition coefficient (Wildman–Crippen LogP) is 0.00610. The van der Waals surface area contributed by atoms with E-state index >= 15 is 0 Å². The summed E-state index contributed by atoms with van der Waals surface area (Å²) in [6, 6.07) is 2.54. The number of nitrogen functional groups attached to an aromatic ring is 1. The zero-order valence-electron chi connectivity index (χ0n) is 7.47. The van der Waals surface area contributed by atoms with Crippen molar-refractivity contribution in [2.24, 2.45) is 5.73 Å². The van der Waals surface area contributed by atoms with Crippen molar-refractivity contribution in [1.82, 2.24) is 0 Å². The molecule has 0 saturated heterocycles. The van der Waals surface area contributed by atoms with Crippen molar-refractivity contribution in [3.8, 4) is 0 Å². The molecule has 0 fully saturated rings. The van der Waals surface area contributed by atoms with Crippen LogP contribution in [0.5, 0.6) is 0 Å². The first-order valence-electron chi connectivity index (χ1n) is 3.73. The summed E-state index contributed by atoms with van der Waals surface area (Å²) in [6.45, 7) is 0. The highest BCUT2D eigenvalue weighted by Gasteiger charge is 2.11. The lowest BCUT2D eigenvalue weighted by atomic mass is 10.3. The van der Waals surface area contributed by atoms with Gasteiger partial charge in [-0.05, 0) is 18.2 Å². The fourth-order valence-corrected chi connectivity index (χ4v) is 1.55. The smallest absolute Gasteiger partial charge is 0.316 e. The number of nitrogens with two attached hydrogens (primary N) is 2. The molecule has 0 spiro atoms. The highest BCUT2D eigenvalue weighted by Crippen LogP contribution is 2.19. The van der Waals surface area contributed by atoms with Gasteiger partial charge in [0.1, 0.15) is 0 Å². The van der Waals surface area contributed by atoms with Gasteiger partial charge in [-0.25, -0.2) is 4.79 Å². The molecule has 0 aliphatic carbocycles. The monoisotopic (exact) mass is 231 g/mol. The van der Waals surface area contributed by atoms with Crippen molar-refractivity contribution in [2.75, 3.05) is 11.1 Å². The Labute approximate surface area is 85.8 Å². The number of amides is 2. The van der Waals surface area contributed by atoms with Crippen molar-refractivity contribution in [1.29, 1.82) is 0 Å². The molecule has 2 amide bonds. The Balaban J connectivity index is 3.23. The largest absolute Gasteiger partial charge is 0.399 e. The number of nitrogens with one attached hydrogen (secondary N) is 1. The van der Waals surface area contributed by atoms with E-state index in [4.69, 9.17) is 16.0 Å². The number of primary amides is 1. The summed E-state index contributed by atoms with van der Waals surface area (Å²) in [5.74, 6) is 0. The van der Waals surface area contributed by atoms with Gasteiger partial charge in [-0.3, -0.25) is 4.55 Å². The third-order valence-electron chi connectivity index (χ3n) is 1.49. The van der Waals surface area contributed by atoms with E-state index in [1.54, 1.807) is 0 Å². The second kappa shape index (κ2) is 3.75. The van der Waals surface area contributed by atoms with Crippen LogP contribution in [-0.4, -0.2) is 19.0 Å². The van der Waals surface area contributed by atoms with Gasteiger partial charge in [0, 0.05) is 11.4 Å². The normalized spacial score (nSPS) is 11.0. The van der Waals surface area contributed by atoms with Crippen LogP contribution in [0.15, 0.2) is 23.1 Å². The molecule has 1 aromatic rings. The van der Waals surface area contributed by atoms with Crippen LogP contribution < -0.4 is 16.8 Å². The molecule has 8 heteroatoms. The van der Waals surface area contributed by atoms with Crippen LogP contribution in [0, 0.1) is 0 Å². The van der Waals surface area contributed by atoms with Gasteiger partial charge in [0.25, 0.3) is 10.1 Å². The van der Waals surface area contributed by atoms with Gasteiger partial charge in [-0.2, -0.15) is 8.42 Å². The van der Waals surface area contributed by atoms with E-state index in [1.165, 1.54) is 6.07 Å². The van der Waals surface area contributed by atoms with E-state index in [0.717, 1.165) is 12.1 Å². The zero-order valence-corrected chi connectivity index (χ0v) is 8.28. The first-order valence-corrected chi connectivity index (χ1v) is 5.17. The van der Waals surface area contributed by atoms with E-state index < -0.39 is 21.0 Å². The number of anilines is 2. The number of rotatable bonds is 2. The Morgan fingerprint density at radius 2 is 1.93 bits per heavy atom. The highest BCUT2D eigenvalue weighted by atomic mass is 32.2. The quantitative estimate of drug-likeness (QED) is 0.419. The molecule has 0 bridgehead atoms. The maximum Gasteiger partial charge on any atom is 0.316 e. The van der Waals surface area contributed by atoms with Crippen molar-refractivity contribution in [3.05, 3.63) is 18.2 Å². The van der Waals surface area contributed by atoms with Gasteiger partial charge < -0.3 is 16.8 Å². The molecule has 1 aromatic carbocycles. The average Bonchev–Trinajstić information content (AvgIpc) is 1.99. The van der Waals surface area contributed by atoms with Crippen LogP contribution >= 0.6 is 0 Å². The summed E-state index contributed by atoms with van der Waals surface area (Å²) < 4.78 is 30.3. The highest BCUT2D eigenvalue weighted by molar-refractivity contribution is 7.85. The van der Waals surface area contributed by atoms with Crippen molar-refractivity contribution >= 4 is 27.5 Å². The molecule has 7 nitrogen and oxygen atoms in total. The topological polar surface area (TPSA) is 136 Å². The minimum absolute atomic E-state index is 0.0777. The van der Waals surface area contributed by atoms with Crippen molar-refractivity contribution in [2.45, 2.75) is 4.90 Å². The second-order valence-corrected chi connectivity index (χ2v) is 4.18. The molecule has 6 N–H and O–H groups in total. The Kier molecular flexibility index (Phi) is 2.82. The van der Waals surface area contributed by atoms with E-state index in [0.29, 0.717) is 0 Å². The number of urea groups is 1. The van der Waals surface area contributed by atoms with E-state index in [1.807, 2.05) is 0 Å². The van der Waals surface area contributed by atoms with E-state index in [-0.39, 0.29) is 11.4 Å². The molecule has 0 saturated carbocycles. The minimum Gasteiger partial charge on any atom is -0.399 e. The van der Waals surface area contributed by atoms with Gasteiger partial charge in [0.05, 0.1) is 4.90 Å². The maximum atomic E-state index is 10.8. The zero-order chi connectivity index (χ0) is 11.6. The summed E-state index contributed by atoms with van der Waals surface area (Å²) in [6.07, 6.45) is 0. The van der Waals surface area contributed by atoms with Gasteiger partial charge in [0.2, 0.25) is 0 Å². The lowest BCUT2D eigenvalue weighted by Gasteiger charge is -2.05. The number of carbonyl (C=O) groups is 1. The summed E-state index contributed by atoms with van der Waals surface area (Å²) in [7, 11) is -4.36. The second-order valence-electron chi connectivity index (χ2n) is 2.76. The van der Waals surface area contributed by atoms with E-state index in [2.05, 4.69) is 5.32 Å². The minimum atomic E-state index is -4.36. The lowest BCUT2D eigenvalue weighted by molar-refractivity contribution is 0.259. The van der Waals surface area contributed by atoms with Gasteiger partial charge in [-0.1, -0.05) is 0 Å². The molecule has 0 unspecified atom stereocenters. The van der Waals surface area contributed by atoms with Gasteiger partial charge >= 0.3 is 6.03 Å². The number of hydrogen-bond donors (Lipinski definition) is 4. The third-order valence-corrected chi connectivity index (χ3v) is 2.33. The molecule has 0 aliphatic rings. The Morgan fingerprint density at radius 1 is 1.33 bits per heavy atom. The molecule has 0 aromatic heterocycles. The Bertz CT molecular complexity index is 497. The summed E-state index contributed by atoms with van der Waals surface area (Å²) >= 11 is 0. The molecular formula is C7H9N3O4S. The molecule has 0 heterocycles. The molecule has 82 valence electrons. The van der Waals surface area contributed by atoms with Crippen molar-refractivity contribution < 1.29 is 17.8 Å². The molecule has 1 rings (SSSR count). The Morgan fingerprint density at radius 3 is 2.40 bits per heavy atom. The molecule has 15 heavy (non-hydrogen) atoms. The van der Waals surface area contributed by atoms with Crippen LogP contribution in [-0.2, 0) is 10.1 Å². The summed E-state index contributed by atoms with van der Waals surface area (Å²) in [5, 5.41) is 2.14. The van der Waals surface area contributed by atoms with Crippen LogP contribution in [0.2, 0.25) is 0 Å². The molecule has 0 radical (unpaired) electrons. The van der Waals surface area contributed by atoms with E-state index in [9.17, 15) is 13.2 Å².